The maximum atomic E-state index is 12.5. The van der Waals surface area contributed by atoms with Crippen molar-refractivity contribution in [2.24, 2.45) is 5.41 Å². The molecule has 116 valence electrons. The van der Waals surface area contributed by atoms with Crippen LogP contribution in [0.15, 0.2) is 12.1 Å². The van der Waals surface area contributed by atoms with E-state index in [2.05, 4.69) is 5.32 Å². The molecule has 3 heteroatoms. The van der Waals surface area contributed by atoms with Crippen LogP contribution in [0.25, 0.3) is 0 Å². The molecule has 2 N–H and O–H groups in total. The molecule has 1 fully saturated rings. The topological polar surface area (TPSA) is 49.3 Å². The number of benzene rings is 1. The van der Waals surface area contributed by atoms with Gasteiger partial charge in [0.1, 0.15) is 0 Å². The van der Waals surface area contributed by atoms with Gasteiger partial charge in [0.2, 0.25) is 0 Å². The minimum absolute atomic E-state index is 0.0107. The molecule has 0 saturated heterocycles. The largest absolute Gasteiger partial charge is 0.396 e. The highest BCUT2D eigenvalue weighted by molar-refractivity contribution is 5.97. The van der Waals surface area contributed by atoms with Gasteiger partial charge >= 0.3 is 0 Å². The minimum Gasteiger partial charge on any atom is -0.396 e. The van der Waals surface area contributed by atoms with Crippen molar-refractivity contribution < 1.29 is 9.90 Å². The quantitative estimate of drug-likeness (QED) is 0.893. The summed E-state index contributed by atoms with van der Waals surface area (Å²) in [5, 5.41) is 12.8. The van der Waals surface area contributed by atoms with Crippen LogP contribution in [0, 0.1) is 26.2 Å². The zero-order chi connectivity index (χ0) is 15.5. The Morgan fingerprint density at radius 2 is 1.71 bits per heavy atom. The second-order valence-electron chi connectivity index (χ2n) is 6.68. The summed E-state index contributed by atoms with van der Waals surface area (Å²) in [7, 11) is 0. The molecule has 0 heterocycles. The number of aliphatic hydroxyl groups excluding tert-OH is 1. The van der Waals surface area contributed by atoms with Crippen LogP contribution >= 0.6 is 0 Å². The Labute approximate surface area is 127 Å². The molecule has 1 aliphatic carbocycles. The van der Waals surface area contributed by atoms with Crippen LogP contribution in [0.5, 0.6) is 0 Å². The first-order valence-electron chi connectivity index (χ1n) is 7.94. The predicted octanol–water partition coefficient (Wildman–Crippen LogP) is 3.28. The van der Waals surface area contributed by atoms with E-state index in [1.165, 1.54) is 12.0 Å². The predicted molar refractivity (Wildman–Crippen MR) is 85.6 cm³/mol. The number of carbonyl (C=O) groups excluding carboxylic acids is 1. The smallest absolute Gasteiger partial charge is 0.251 e. The van der Waals surface area contributed by atoms with Crippen molar-refractivity contribution in [3.8, 4) is 0 Å². The minimum atomic E-state index is -0.111. The number of amides is 1. The molecule has 0 aliphatic heterocycles. The van der Waals surface area contributed by atoms with E-state index in [4.69, 9.17) is 0 Å². The third-order valence-electron chi connectivity index (χ3n) is 4.78. The Hall–Kier alpha value is -1.35. The van der Waals surface area contributed by atoms with E-state index in [9.17, 15) is 9.90 Å². The standard InChI is InChI=1S/C18H27NO2/c1-13-9-14(2)16(15(3)10-13)17(21)19-11-18(12-20)7-5-4-6-8-18/h9-10,20H,4-8,11-12H2,1-3H3,(H,19,21). The van der Waals surface area contributed by atoms with E-state index in [0.717, 1.165) is 42.4 Å². The number of aryl methyl sites for hydroxylation is 3. The second kappa shape index (κ2) is 6.61. The van der Waals surface area contributed by atoms with Gasteiger partial charge in [0.15, 0.2) is 0 Å². The molecule has 0 bridgehead atoms. The summed E-state index contributed by atoms with van der Waals surface area (Å²) >= 11 is 0. The summed E-state index contributed by atoms with van der Waals surface area (Å²) < 4.78 is 0. The number of nitrogens with one attached hydrogen (secondary N) is 1. The highest BCUT2D eigenvalue weighted by Crippen LogP contribution is 2.35. The summed E-state index contributed by atoms with van der Waals surface area (Å²) in [5.41, 5.74) is 3.89. The van der Waals surface area contributed by atoms with Crippen molar-refractivity contribution in [3.05, 3.63) is 34.4 Å². The average molecular weight is 289 g/mol. The van der Waals surface area contributed by atoms with Crippen molar-refractivity contribution >= 4 is 5.91 Å². The molecule has 1 saturated carbocycles. The number of hydrogen-bond acceptors (Lipinski definition) is 2. The molecule has 1 aromatic carbocycles. The molecular weight excluding hydrogens is 262 g/mol. The molecule has 0 radical (unpaired) electrons. The van der Waals surface area contributed by atoms with E-state index in [1.54, 1.807) is 0 Å². The zero-order valence-corrected chi connectivity index (χ0v) is 13.5. The highest BCUT2D eigenvalue weighted by Gasteiger charge is 2.32. The third-order valence-corrected chi connectivity index (χ3v) is 4.78. The molecule has 21 heavy (non-hydrogen) atoms. The fourth-order valence-electron chi connectivity index (χ4n) is 3.59. The van der Waals surface area contributed by atoms with Crippen LogP contribution in [0.4, 0.5) is 0 Å². The summed E-state index contributed by atoms with van der Waals surface area (Å²) in [6.07, 6.45) is 5.56. The van der Waals surface area contributed by atoms with Gasteiger partial charge in [0.05, 0.1) is 6.61 Å². The maximum Gasteiger partial charge on any atom is 0.251 e. The van der Waals surface area contributed by atoms with Crippen molar-refractivity contribution in [2.75, 3.05) is 13.2 Å². The van der Waals surface area contributed by atoms with E-state index in [0.29, 0.717) is 6.54 Å². The first-order chi connectivity index (χ1) is 9.97. The summed E-state index contributed by atoms with van der Waals surface area (Å²) in [5.74, 6) is -0.0107. The monoisotopic (exact) mass is 289 g/mol. The zero-order valence-electron chi connectivity index (χ0n) is 13.5. The van der Waals surface area contributed by atoms with Crippen LogP contribution in [0.3, 0.4) is 0 Å². The van der Waals surface area contributed by atoms with Gasteiger partial charge in [0, 0.05) is 17.5 Å². The Balaban J connectivity index is 2.08. The molecule has 0 atom stereocenters. The Morgan fingerprint density at radius 3 is 2.24 bits per heavy atom. The number of carbonyl (C=O) groups is 1. The molecule has 0 aromatic heterocycles. The van der Waals surface area contributed by atoms with E-state index >= 15 is 0 Å². The molecule has 2 rings (SSSR count). The summed E-state index contributed by atoms with van der Waals surface area (Å²) in [6.45, 7) is 6.76. The number of rotatable bonds is 4. The lowest BCUT2D eigenvalue weighted by atomic mass is 9.74. The molecular formula is C18H27NO2. The lowest BCUT2D eigenvalue weighted by molar-refractivity contribution is 0.0717. The highest BCUT2D eigenvalue weighted by atomic mass is 16.3. The Bertz CT molecular complexity index is 493. The lowest BCUT2D eigenvalue weighted by Gasteiger charge is -2.35. The molecule has 1 amide bonds. The lowest BCUT2D eigenvalue weighted by Crippen LogP contribution is -2.41. The van der Waals surface area contributed by atoms with Gasteiger partial charge in [-0.15, -0.1) is 0 Å². The van der Waals surface area contributed by atoms with E-state index in [-0.39, 0.29) is 17.9 Å². The SMILES string of the molecule is Cc1cc(C)c(C(=O)NCC2(CO)CCCCC2)c(C)c1. The van der Waals surface area contributed by atoms with Crippen LogP contribution in [0.1, 0.15) is 59.2 Å². The van der Waals surface area contributed by atoms with Crippen molar-refractivity contribution in [1.29, 1.82) is 0 Å². The molecule has 0 spiro atoms. The van der Waals surface area contributed by atoms with Gasteiger partial charge in [-0.3, -0.25) is 4.79 Å². The Morgan fingerprint density at radius 1 is 1.14 bits per heavy atom. The van der Waals surface area contributed by atoms with Crippen LogP contribution in [-0.4, -0.2) is 24.2 Å². The number of hydrogen-bond donors (Lipinski definition) is 2. The van der Waals surface area contributed by atoms with E-state index < -0.39 is 0 Å². The fourth-order valence-corrected chi connectivity index (χ4v) is 3.59. The number of aliphatic hydroxyl groups is 1. The summed E-state index contributed by atoms with van der Waals surface area (Å²) in [6, 6.07) is 4.09. The second-order valence-corrected chi connectivity index (χ2v) is 6.68. The van der Waals surface area contributed by atoms with Crippen molar-refractivity contribution in [1.82, 2.24) is 5.32 Å². The van der Waals surface area contributed by atoms with Crippen LogP contribution < -0.4 is 5.32 Å². The van der Waals surface area contributed by atoms with Gasteiger partial charge in [-0.25, -0.2) is 0 Å². The first kappa shape index (κ1) is 16.0. The molecule has 0 unspecified atom stereocenters. The van der Waals surface area contributed by atoms with Gasteiger partial charge in [-0.2, -0.15) is 0 Å². The van der Waals surface area contributed by atoms with E-state index in [1.807, 2.05) is 32.9 Å². The average Bonchev–Trinajstić information content (AvgIpc) is 2.45. The van der Waals surface area contributed by atoms with Gasteiger partial charge in [0.25, 0.3) is 5.91 Å². The Kier molecular flexibility index (Phi) is 5.04. The van der Waals surface area contributed by atoms with Gasteiger partial charge < -0.3 is 10.4 Å². The van der Waals surface area contributed by atoms with Crippen LogP contribution in [-0.2, 0) is 0 Å². The first-order valence-corrected chi connectivity index (χ1v) is 7.94. The van der Waals surface area contributed by atoms with Gasteiger partial charge in [-0.05, 0) is 44.7 Å². The fraction of sp³-hybridized carbons (Fsp3) is 0.611. The van der Waals surface area contributed by atoms with Crippen molar-refractivity contribution in [2.45, 2.75) is 52.9 Å². The van der Waals surface area contributed by atoms with Crippen LogP contribution in [0.2, 0.25) is 0 Å². The maximum absolute atomic E-state index is 12.5. The normalized spacial score (nSPS) is 17.5. The summed E-state index contributed by atoms with van der Waals surface area (Å²) in [4.78, 5) is 12.5. The molecule has 3 nitrogen and oxygen atoms in total. The third kappa shape index (κ3) is 3.65. The molecule has 1 aromatic rings. The molecule has 1 aliphatic rings. The van der Waals surface area contributed by atoms with Gasteiger partial charge in [-0.1, -0.05) is 37.0 Å². The van der Waals surface area contributed by atoms with Crippen molar-refractivity contribution in [3.63, 3.8) is 0 Å².